The lowest BCUT2D eigenvalue weighted by Gasteiger charge is -2.37. The van der Waals surface area contributed by atoms with Gasteiger partial charge in [0.05, 0.1) is 0 Å². The van der Waals surface area contributed by atoms with Crippen LogP contribution in [0.2, 0.25) is 0 Å². The Hall–Kier alpha value is -5.56. The summed E-state index contributed by atoms with van der Waals surface area (Å²) in [6, 6.07) is 38.4. The van der Waals surface area contributed by atoms with Crippen molar-refractivity contribution in [3.63, 3.8) is 0 Å². The van der Waals surface area contributed by atoms with Crippen molar-refractivity contribution >= 4 is 0 Å². The van der Waals surface area contributed by atoms with Crippen LogP contribution in [0.3, 0.4) is 0 Å². The van der Waals surface area contributed by atoms with E-state index in [0.29, 0.717) is 26.2 Å². The maximum atomic E-state index is 12.6. The summed E-state index contributed by atoms with van der Waals surface area (Å²) in [6.07, 6.45) is 0. The molecule has 7 rings (SSSR count). The Kier molecular flexibility index (Phi) is 14.6. The zero-order valence-electron chi connectivity index (χ0n) is 47.1. The smallest absolute Gasteiger partial charge is 0.123 e. The molecule has 0 fully saturated rings. The molecule has 8 bridgehead atoms. The van der Waals surface area contributed by atoms with Crippen LogP contribution in [-0.4, -0.2) is 30.2 Å². The van der Waals surface area contributed by atoms with E-state index < -0.39 is 32.5 Å². The van der Waals surface area contributed by atoms with Crippen LogP contribution in [0.1, 0.15) is 215 Å². The van der Waals surface area contributed by atoms with Gasteiger partial charge in [-0.3, -0.25) is 9.80 Å². The molecule has 0 saturated carbocycles. The lowest BCUT2D eigenvalue weighted by Crippen LogP contribution is -2.30. The fraction of sp³-hybridized carbons (Fsp3) is 0.455. The zero-order valence-corrected chi connectivity index (χ0v) is 47.1. The maximum absolute atomic E-state index is 12.6. The highest BCUT2D eigenvalue weighted by molar-refractivity contribution is 5.57. The van der Waals surface area contributed by atoms with Gasteiger partial charge in [0.15, 0.2) is 0 Å². The number of phenolic OH excluding ortho intramolecular Hbond substituents is 4. The van der Waals surface area contributed by atoms with Gasteiger partial charge in [-0.25, -0.2) is 0 Å². The van der Waals surface area contributed by atoms with Gasteiger partial charge in [0, 0.05) is 71.3 Å². The minimum Gasteiger partial charge on any atom is -0.507 e. The van der Waals surface area contributed by atoms with Crippen LogP contribution < -0.4 is 0 Å². The maximum Gasteiger partial charge on any atom is 0.123 e. The Labute approximate surface area is 433 Å². The first kappa shape index (κ1) is 54.2. The van der Waals surface area contributed by atoms with E-state index in [-0.39, 0.29) is 35.1 Å². The van der Waals surface area contributed by atoms with Gasteiger partial charge in [-0.15, -0.1) is 0 Å². The summed E-state index contributed by atoms with van der Waals surface area (Å²) in [7, 11) is 0. The van der Waals surface area contributed by atoms with Crippen molar-refractivity contribution in [2.45, 2.75) is 195 Å². The predicted octanol–water partition coefficient (Wildman–Crippen LogP) is 16.2. The molecule has 0 radical (unpaired) electrons. The third-order valence-electron chi connectivity index (χ3n) is 16.0. The Balaban J connectivity index is 1.61. The van der Waals surface area contributed by atoms with Crippen LogP contribution in [0.25, 0.3) is 0 Å². The first-order chi connectivity index (χ1) is 33.2. The van der Waals surface area contributed by atoms with E-state index in [1.165, 1.54) is 0 Å². The van der Waals surface area contributed by atoms with Crippen LogP contribution in [0, 0.1) is 0 Å². The van der Waals surface area contributed by atoms with Crippen molar-refractivity contribution in [2.24, 2.45) is 0 Å². The highest BCUT2D eigenvalue weighted by Gasteiger charge is 2.36. The van der Waals surface area contributed by atoms with E-state index in [0.717, 1.165) is 77.9 Å². The number of rotatable bonds is 4. The minimum absolute atomic E-state index is 0.100. The number of phenols is 4. The largest absolute Gasteiger partial charge is 0.507 e. The van der Waals surface area contributed by atoms with Crippen molar-refractivity contribution in [3.8, 4) is 23.0 Å². The molecule has 0 aromatic heterocycles. The average molecular weight is 971 g/mol. The lowest BCUT2D eigenvalue weighted by atomic mass is 9.72. The summed E-state index contributed by atoms with van der Waals surface area (Å²) in [5, 5.41) is 50.3. The van der Waals surface area contributed by atoms with E-state index in [9.17, 15) is 20.4 Å². The Morgan fingerprint density at radius 3 is 0.764 bits per heavy atom. The SMILES string of the molecule is CC(c1ccccc1)N1Cc2cc(cc(C(C)(C)C)c2O)C(C)(C)c2cc(c(O)c(C(C)(C)C)c2)CN(C(C)c2ccccc2)Cc2cc(cc(C(C)(C)C)c2O)C(C)(C)c2cc(c(O)c(C(C)(C)C)c2)C1. The third-order valence-corrected chi connectivity index (χ3v) is 16.0. The second-order valence-corrected chi connectivity index (χ2v) is 26.4. The summed E-state index contributed by atoms with van der Waals surface area (Å²) in [5.74, 6) is 1.14. The molecule has 2 unspecified atom stereocenters. The van der Waals surface area contributed by atoms with Gasteiger partial charge in [0.2, 0.25) is 0 Å². The molecule has 2 atom stereocenters. The van der Waals surface area contributed by atoms with Crippen LogP contribution in [0.15, 0.2) is 109 Å². The zero-order chi connectivity index (χ0) is 53.3. The van der Waals surface area contributed by atoms with Crippen molar-refractivity contribution in [3.05, 3.63) is 187 Å². The van der Waals surface area contributed by atoms with Gasteiger partial charge in [-0.05, 0) is 115 Å². The van der Waals surface area contributed by atoms with Crippen LogP contribution in [0.5, 0.6) is 23.0 Å². The molecule has 1 aliphatic heterocycles. The van der Waals surface area contributed by atoms with Crippen molar-refractivity contribution < 1.29 is 20.4 Å². The number of nitrogens with zero attached hydrogens (tertiary/aromatic N) is 2. The monoisotopic (exact) mass is 971 g/mol. The van der Waals surface area contributed by atoms with Crippen molar-refractivity contribution in [2.75, 3.05) is 0 Å². The van der Waals surface area contributed by atoms with Crippen LogP contribution >= 0.6 is 0 Å². The van der Waals surface area contributed by atoms with E-state index >= 15 is 0 Å². The molecule has 4 N–H and O–H groups in total. The number of fused-ring (bicyclic) bond motifs is 8. The van der Waals surface area contributed by atoms with Gasteiger partial charge in [0.1, 0.15) is 23.0 Å². The topological polar surface area (TPSA) is 87.4 Å². The van der Waals surface area contributed by atoms with Crippen LogP contribution in [-0.2, 0) is 58.7 Å². The third kappa shape index (κ3) is 10.9. The van der Waals surface area contributed by atoms with Gasteiger partial charge >= 0.3 is 0 Å². The summed E-state index contributed by atoms with van der Waals surface area (Å²) < 4.78 is 0. The highest BCUT2D eigenvalue weighted by Crippen LogP contribution is 2.48. The second kappa shape index (κ2) is 19.4. The van der Waals surface area contributed by atoms with E-state index in [1.54, 1.807) is 0 Å². The number of benzene rings is 6. The molecular weight excluding hydrogens is 885 g/mol. The second-order valence-electron chi connectivity index (χ2n) is 26.4. The number of hydrogen-bond donors (Lipinski definition) is 4. The van der Waals surface area contributed by atoms with Gasteiger partial charge in [-0.2, -0.15) is 0 Å². The predicted molar refractivity (Wildman–Crippen MR) is 300 cm³/mol. The fourth-order valence-corrected chi connectivity index (χ4v) is 10.7. The Morgan fingerprint density at radius 1 is 0.361 bits per heavy atom. The molecular formula is C66H86N2O4. The number of hydrogen-bond acceptors (Lipinski definition) is 6. The van der Waals surface area contributed by atoms with E-state index in [1.807, 2.05) is 12.1 Å². The first-order valence-electron chi connectivity index (χ1n) is 26.3. The normalized spacial score (nSPS) is 17.0. The minimum atomic E-state index is -0.592. The molecule has 6 aromatic carbocycles. The standard InChI is InChI=1S/C66H86N2O4/c1-41(43-25-21-19-22-26-43)67-37-45-29-49(33-53(57(45)69)61(3,4)5)65(15,16)51-31-47(59(71)55(35-51)63(9,10)11)39-68(42(2)44-27-23-20-24-28-44)40-48-32-52(36-56(60(48)72)64(12,13)14)66(17,18)50-30-46(38-67)58(70)54(34-50)62(6,7)8/h19-36,41-42,69-72H,37-40H2,1-18H3. The summed E-state index contributed by atoms with van der Waals surface area (Å²) in [4.78, 5) is 4.78. The molecule has 1 heterocycles. The fourth-order valence-electron chi connectivity index (χ4n) is 10.7. The molecule has 72 heavy (non-hydrogen) atoms. The lowest BCUT2D eigenvalue weighted by molar-refractivity contribution is 0.187. The quantitative estimate of drug-likeness (QED) is 0.141. The summed E-state index contributed by atoms with van der Waals surface area (Å²) in [6.45, 7) is 41.0. The van der Waals surface area contributed by atoms with Crippen molar-refractivity contribution in [1.82, 2.24) is 9.80 Å². The molecule has 0 saturated heterocycles. The Morgan fingerprint density at radius 2 is 0.569 bits per heavy atom. The van der Waals surface area contributed by atoms with Gasteiger partial charge < -0.3 is 20.4 Å². The number of aromatic hydroxyl groups is 4. The van der Waals surface area contributed by atoms with E-state index in [4.69, 9.17) is 0 Å². The molecule has 1 aliphatic rings. The molecule has 6 heteroatoms. The molecule has 384 valence electrons. The molecule has 0 amide bonds. The van der Waals surface area contributed by atoms with Gasteiger partial charge in [-0.1, -0.05) is 196 Å². The van der Waals surface area contributed by atoms with Gasteiger partial charge in [0.25, 0.3) is 0 Å². The molecule has 0 aliphatic carbocycles. The molecule has 0 spiro atoms. The molecule has 6 aromatic rings. The van der Waals surface area contributed by atoms with E-state index in [2.05, 4.69) is 231 Å². The summed E-state index contributed by atoms with van der Waals surface area (Å²) in [5.41, 5.74) is 10.5. The highest BCUT2D eigenvalue weighted by atomic mass is 16.3. The van der Waals surface area contributed by atoms with Crippen LogP contribution in [0.4, 0.5) is 0 Å². The molecule has 6 nitrogen and oxygen atoms in total. The summed E-state index contributed by atoms with van der Waals surface area (Å²) >= 11 is 0. The Bertz CT molecular complexity index is 2570. The first-order valence-corrected chi connectivity index (χ1v) is 26.3. The van der Waals surface area contributed by atoms with Crippen molar-refractivity contribution in [1.29, 1.82) is 0 Å². The average Bonchev–Trinajstić information content (AvgIpc) is 3.28.